The van der Waals surface area contributed by atoms with Crippen molar-refractivity contribution >= 4 is 11.6 Å². The van der Waals surface area contributed by atoms with Gasteiger partial charge in [-0.25, -0.2) is 4.98 Å². The molecule has 0 bridgehead atoms. The Morgan fingerprint density at radius 2 is 2.18 bits per heavy atom. The number of aryl methyl sites for hydroxylation is 1. The molecule has 3 nitrogen and oxygen atoms in total. The number of nitrogens with one attached hydrogen (secondary N) is 1. The van der Waals surface area contributed by atoms with Gasteiger partial charge >= 0.3 is 0 Å². The Labute approximate surface area is 110 Å². The molecule has 0 fully saturated rings. The van der Waals surface area contributed by atoms with Gasteiger partial charge in [0.2, 0.25) is 0 Å². The minimum Gasteiger partial charge on any atom is -0.337 e. The largest absolute Gasteiger partial charge is 0.337 e. The van der Waals surface area contributed by atoms with Crippen molar-refractivity contribution < 1.29 is 0 Å². The van der Waals surface area contributed by atoms with Gasteiger partial charge in [0.1, 0.15) is 0 Å². The van der Waals surface area contributed by atoms with Crippen molar-refractivity contribution in [3.8, 4) is 0 Å². The molecule has 0 aliphatic rings. The zero-order chi connectivity index (χ0) is 12.7. The second kappa shape index (κ2) is 7.02. The van der Waals surface area contributed by atoms with Gasteiger partial charge in [-0.2, -0.15) is 0 Å². The van der Waals surface area contributed by atoms with Crippen LogP contribution < -0.4 is 5.32 Å². The lowest BCUT2D eigenvalue weighted by atomic mass is 9.90. The Morgan fingerprint density at radius 3 is 2.76 bits per heavy atom. The van der Waals surface area contributed by atoms with Crippen LogP contribution in [-0.4, -0.2) is 28.0 Å². The first-order valence-corrected chi connectivity index (χ1v) is 6.71. The van der Waals surface area contributed by atoms with E-state index in [9.17, 15) is 0 Å². The lowest BCUT2D eigenvalue weighted by Gasteiger charge is -2.22. The Hall–Kier alpha value is -0.540. The Kier molecular flexibility index (Phi) is 6.00. The van der Waals surface area contributed by atoms with Crippen molar-refractivity contribution in [2.24, 2.45) is 5.41 Å². The van der Waals surface area contributed by atoms with E-state index in [0.29, 0.717) is 5.41 Å². The minimum atomic E-state index is 0.225. The van der Waals surface area contributed by atoms with Crippen LogP contribution in [-0.2, 0) is 6.54 Å². The van der Waals surface area contributed by atoms with Gasteiger partial charge in [-0.05, 0) is 24.8 Å². The first kappa shape index (κ1) is 14.5. The molecule has 0 spiro atoms. The van der Waals surface area contributed by atoms with Crippen molar-refractivity contribution in [3.05, 3.63) is 18.7 Å². The summed E-state index contributed by atoms with van der Waals surface area (Å²) >= 11 is 6.27. The van der Waals surface area contributed by atoms with Crippen molar-refractivity contribution in [3.63, 3.8) is 0 Å². The van der Waals surface area contributed by atoms with E-state index < -0.39 is 0 Å². The van der Waals surface area contributed by atoms with Crippen LogP contribution in [0.4, 0.5) is 0 Å². The standard InChI is InChI=1S/C13H24ClN3/c1-13(2,3)9-12(14)10-15-5-4-7-17-8-6-16-11-17/h6,8,11-12,15H,4-5,7,9-10H2,1-3H3. The highest BCUT2D eigenvalue weighted by molar-refractivity contribution is 6.20. The van der Waals surface area contributed by atoms with Gasteiger partial charge in [0.25, 0.3) is 0 Å². The summed E-state index contributed by atoms with van der Waals surface area (Å²) in [5.74, 6) is 0. The zero-order valence-corrected chi connectivity index (χ0v) is 11.9. The minimum absolute atomic E-state index is 0.225. The summed E-state index contributed by atoms with van der Waals surface area (Å²) in [7, 11) is 0. The van der Waals surface area contributed by atoms with Crippen LogP contribution in [0.15, 0.2) is 18.7 Å². The topological polar surface area (TPSA) is 29.9 Å². The number of alkyl halides is 1. The number of hydrogen-bond donors (Lipinski definition) is 1. The average molecular weight is 258 g/mol. The molecule has 0 saturated heterocycles. The van der Waals surface area contributed by atoms with Gasteiger partial charge in [0, 0.05) is 30.9 Å². The van der Waals surface area contributed by atoms with Crippen LogP contribution in [0.5, 0.6) is 0 Å². The normalized spacial score (nSPS) is 13.9. The van der Waals surface area contributed by atoms with E-state index >= 15 is 0 Å². The molecule has 4 heteroatoms. The Balaban J connectivity index is 2.00. The van der Waals surface area contributed by atoms with E-state index in [4.69, 9.17) is 11.6 Å². The number of imidazole rings is 1. The van der Waals surface area contributed by atoms with Gasteiger partial charge in [-0.3, -0.25) is 0 Å². The van der Waals surface area contributed by atoms with Crippen molar-refractivity contribution in [2.45, 2.75) is 45.5 Å². The summed E-state index contributed by atoms with van der Waals surface area (Å²) in [6.45, 7) is 9.58. The van der Waals surface area contributed by atoms with Crippen molar-refractivity contribution in [1.29, 1.82) is 0 Å². The maximum Gasteiger partial charge on any atom is 0.0945 e. The number of nitrogens with zero attached hydrogens (tertiary/aromatic N) is 2. The van der Waals surface area contributed by atoms with E-state index in [1.165, 1.54) is 0 Å². The summed E-state index contributed by atoms with van der Waals surface area (Å²) in [4.78, 5) is 4.01. The van der Waals surface area contributed by atoms with E-state index in [2.05, 4.69) is 35.6 Å². The smallest absolute Gasteiger partial charge is 0.0945 e. The molecule has 0 saturated carbocycles. The SMILES string of the molecule is CC(C)(C)CC(Cl)CNCCCn1ccnc1. The van der Waals surface area contributed by atoms with Crippen molar-refractivity contribution in [1.82, 2.24) is 14.9 Å². The number of hydrogen-bond acceptors (Lipinski definition) is 2. The fraction of sp³-hybridized carbons (Fsp3) is 0.769. The molecule has 1 rings (SSSR count). The first-order chi connectivity index (χ1) is 7.97. The summed E-state index contributed by atoms with van der Waals surface area (Å²) < 4.78 is 2.09. The predicted octanol–water partition coefficient (Wildman–Crippen LogP) is 2.91. The summed E-state index contributed by atoms with van der Waals surface area (Å²) in [6.07, 6.45) is 7.80. The average Bonchev–Trinajstić information content (AvgIpc) is 2.67. The third-order valence-electron chi connectivity index (χ3n) is 2.53. The Morgan fingerprint density at radius 1 is 1.41 bits per heavy atom. The molecule has 1 unspecified atom stereocenters. The highest BCUT2D eigenvalue weighted by Crippen LogP contribution is 2.23. The molecule has 1 atom stereocenters. The van der Waals surface area contributed by atoms with E-state index in [1.807, 2.05) is 18.7 Å². The lowest BCUT2D eigenvalue weighted by Crippen LogP contribution is -2.27. The van der Waals surface area contributed by atoms with Crippen molar-refractivity contribution in [2.75, 3.05) is 13.1 Å². The molecule has 1 heterocycles. The summed E-state index contributed by atoms with van der Waals surface area (Å²) in [5, 5.41) is 3.63. The van der Waals surface area contributed by atoms with Crippen LogP contribution in [0, 0.1) is 5.41 Å². The summed E-state index contributed by atoms with van der Waals surface area (Å²) in [6, 6.07) is 0. The molecule has 17 heavy (non-hydrogen) atoms. The van der Waals surface area contributed by atoms with Crippen LogP contribution >= 0.6 is 11.6 Å². The molecule has 0 aliphatic heterocycles. The van der Waals surface area contributed by atoms with Crippen LogP contribution in [0.3, 0.4) is 0 Å². The third-order valence-corrected chi connectivity index (χ3v) is 2.84. The zero-order valence-electron chi connectivity index (χ0n) is 11.1. The predicted molar refractivity (Wildman–Crippen MR) is 73.4 cm³/mol. The molecule has 0 radical (unpaired) electrons. The fourth-order valence-corrected chi connectivity index (χ4v) is 2.37. The van der Waals surface area contributed by atoms with Crippen LogP contribution in [0.1, 0.15) is 33.6 Å². The van der Waals surface area contributed by atoms with Gasteiger partial charge in [0.05, 0.1) is 6.33 Å². The molecule has 1 aromatic heterocycles. The highest BCUT2D eigenvalue weighted by atomic mass is 35.5. The van der Waals surface area contributed by atoms with E-state index in [0.717, 1.165) is 32.5 Å². The molecule has 0 aromatic carbocycles. The molecule has 98 valence electrons. The van der Waals surface area contributed by atoms with Gasteiger partial charge in [0.15, 0.2) is 0 Å². The number of rotatable bonds is 7. The van der Waals surface area contributed by atoms with Gasteiger partial charge in [-0.1, -0.05) is 20.8 Å². The Bertz CT molecular complexity index is 290. The highest BCUT2D eigenvalue weighted by Gasteiger charge is 2.16. The monoisotopic (exact) mass is 257 g/mol. The van der Waals surface area contributed by atoms with Crippen LogP contribution in [0.25, 0.3) is 0 Å². The van der Waals surface area contributed by atoms with E-state index in [1.54, 1.807) is 0 Å². The van der Waals surface area contributed by atoms with Gasteiger partial charge in [-0.15, -0.1) is 11.6 Å². The molecule has 0 amide bonds. The van der Waals surface area contributed by atoms with Crippen LogP contribution in [0.2, 0.25) is 0 Å². The molecule has 1 N–H and O–H groups in total. The molecule has 0 aliphatic carbocycles. The lowest BCUT2D eigenvalue weighted by molar-refractivity contribution is 0.364. The molecular formula is C13H24ClN3. The summed E-state index contributed by atoms with van der Waals surface area (Å²) in [5.41, 5.74) is 0.310. The second-order valence-electron chi connectivity index (χ2n) is 5.72. The number of halogens is 1. The third kappa shape index (κ3) is 7.40. The quantitative estimate of drug-likeness (QED) is 0.601. The second-order valence-corrected chi connectivity index (χ2v) is 6.34. The maximum absolute atomic E-state index is 6.27. The van der Waals surface area contributed by atoms with Gasteiger partial charge < -0.3 is 9.88 Å². The molecular weight excluding hydrogens is 234 g/mol. The maximum atomic E-state index is 6.27. The number of aromatic nitrogens is 2. The first-order valence-electron chi connectivity index (χ1n) is 6.28. The fourth-order valence-electron chi connectivity index (χ4n) is 1.80. The van der Waals surface area contributed by atoms with E-state index in [-0.39, 0.29) is 5.38 Å². The molecule has 1 aromatic rings.